The molecule has 2 rings (SSSR count). The number of hydrogen-bond acceptors (Lipinski definition) is 4. The van der Waals surface area contributed by atoms with Gasteiger partial charge in [0.05, 0.1) is 5.60 Å². The van der Waals surface area contributed by atoms with Crippen molar-refractivity contribution in [3.8, 4) is 6.07 Å². The van der Waals surface area contributed by atoms with E-state index < -0.39 is 5.60 Å². The standard InChI is InChI=1S/C14H19N3O/c1-14(18)5-3-8-17(9-6-14)11-12-4-2-7-16-13(12)10-15/h2,4,7,18H,3,5-6,8-9,11H2,1H3. The number of rotatable bonds is 2. The van der Waals surface area contributed by atoms with E-state index in [-0.39, 0.29) is 0 Å². The van der Waals surface area contributed by atoms with E-state index >= 15 is 0 Å². The largest absolute Gasteiger partial charge is 0.390 e. The lowest BCUT2D eigenvalue weighted by Gasteiger charge is -2.22. The lowest BCUT2D eigenvalue weighted by Crippen LogP contribution is -2.28. The zero-order valence-corrected chi connectivity index (χ0v) is 10.8. The van der Waals surface area contributed by atoms with Gasteiger partial charge in [-0.2, -0.15) is 5.26 Å². The first-order valence-corrected chi connectivity index (χ1v) is 6.39. The molecule has 1 N–H and O–H groups in total. The van der Waals surface area contributed by atoms with Crippen LogP contribution in [0.3, 0.4) is 0 Å². The summed E-state index contributed by atoms with van der Waals surface area (Å²) in [5.41, 5.74) is 0.942. The Balaban J connectivity index is 2.04. The first-order valence-electron chi connectivity index (χ1n) is 6.39. The SMILES string of the molecule is CC1(O)CCCN(Cc2cccnc2C#N)CC1. The maximum absolute atomic E-state index is 10.0. The Morgan fingerprint density at radius 1 is 1.50 bits per heavy atom. The van der Waals surface area contributed by atoms with Gasteiger partial charge in [-0.15, -0.1) is 0 Å². The van der Waals surface area contributed by atoms with Crippen LogP contribution in [0.5, 0.6) is 0 Å². The van der Waals surface area contributed by atoms with Gasteiger partial charge in [-0.3, -0.25) is 4.90 Å². The predicted octanol–water partition coefficient (Wildman–Crippen LogP) is 1.69. The van der Waals surface area contributed by atoms with Crippen LogP contribution in [0.25, 0.3) is 0 Å². The van der Waals surface area contributed by atoms with Crippen LogP contribution in [0.2, 0.25) is 0 Å². The van der Waals surface area contributed by atoms with E-state index in [2.05, 4.69) is 16.0 Å². The molecule has 1 unspecified atom stereocenters. The molecule has 0 spiro atoms. The fourth-order valence-electron chi connectivity index (χ4n) is 2.39. The van der Waals surface area contributed by atoms with E-state index in [1.54, 1.807) is 6.20 Å². The van der Waals surface area contributed by atoms with E-state index in [9.17, 15) is 5.11 Å². The van der Waals surface area contributed by atoms with E-state index in [1.165, 1.54) is 0 Å². The molecule has 0 radical (unpaired) electrons. The minimum Gasteiger partial charge on any atom is -0.390 e. The third kappa shape index (κ3) is 3.28. The van der Waals surface area contributed by atoms with E-state index in [0.29, 0.717) is 5.69 Å². The van der Waals surface area contributed by atoms with E-state index in [0.717, 1.165) is 44.5 Å². The van der Waals surface area contributed by atoms with Crippen molar-refractivity contribution >= 4 is 0 Å². The van der Waals surface area contributed by atoms with Crippen molar-refractivity contribution in [3.05, 3.63) is 29.6 Å². The predicted molar refractivity (Wildman–Crippen MR) is 68.7 cm³/mol. The Bertz CT molecular complexity index is 451. The summed E-state index contributed by atoms with van der Waals surface area (Å²) in [6.07, 6.45) is 4.28. The lowest BCUT2D eigenvalue weighted by atomic mass is 9.98. The Morgan fingerprint density at radius 2 is 2.33 bits per heavy atom. The van der Waals surface area contributed by atoms with Crippen molar-refractivity contribution in [1.29, 1.82) is 5.26 Å². The van der Waals surface area contributed by atoms with Crippen molar-refractivity contribution in [3.63, 3.8) is 0 Å². The topological polar surface area (TPSA) is 60.1 Å². The minimum absolute atomic E-state index is 0.508. The molecular formula is C14H19N3O. The monoisotopic (exact) mass is 245 g/mol. The van der Waals surface area contributed by atoms with Crippen LogP contribution in [0, 0.1) is 11.3 Å². The highest BCUT2D eigenvalue weighted by Crippen LogP contribution is 2.22. The number of nitriles is 1. The van der Waals surface area contributed by atoms with Crippen molar-refractivity contribution in [1.82, 2.24) is 9.88 Å². The van der Waals surface area contributed by atoms with Gasteiger partial charge in [-0.25, -0.2) is 4.98 Å². The third-order valence-electron chi connectivity index (χ3n) is 3.55. The molecule has 96 valence electrons. The quantitative estimate of drug-likeness (QED) is 0.861. The molecule has 1 saturated heterocycles. The van der Waals surface area contributed by atoms with Crippen LogP contribution >= 0.6 is 0 Å². The molecule has 1 fully saturated rings. The number of likely N-dealkylation sites (tertiary alicyclic amines) is 1. The molecular weight excluding hydrogens is 226 g/mol. The zero-order valence-electron chi connectivity index (χ0n) is 10.8. The van der Waals surface area contributed by atoms with Gasteiger partial charge in [-0.1, -0.05) is 6.07 Å². The van der Waals surface area contributed by atoms with Crippen molar-refractivity contribution in [2.75, 3.05) is 13.1 Å². The van der Waals surface area contributed by atoms with Gasteiger partial charge in [0.2, 0.25) is 0 Å². The maximum Gasteiger partial charge on any atom is 0.144 e. The number of hydrogen-bond donors (Lipinski definition) is 1. The van der Waals surface area contributed by atoms with Gasteiger partial charge in [0.1, 0.15) is 11.8 Å². The zero-order chi connectivity index (χ0) is 13.0. The maximum atomic E-state index is 10.0. The van der Waals surface area contributed by atoms with Crippen molar-refractivity contribution < 1.29 is 5.11 Å². The summed E-state index contributed by atoms with van der Waals surface area (Å²) < 4.78 is 0. The van der Waals surface area contributed by atoms with Gasteiger partial charge in [-0.05, 0) is 38.8 Å². The fraction of sp³-hybridized carbons (Fsp3) is 0.571. The Hall–Kier alpha value is -1.44. The molecule has 0 saturated carbocycles. The second-order valence-corrected chi connectivity index (χ2v) is 5.25. The highest BCUT2D eigenvalue weighted by atomic mass is 16.3. The molecule has 4 nitrogen and oxygen atoms in total. The van der Waals surface area contributed by atoms with Crippen molar-refractivity contribution in [2.45, 2.75) is 38.3 Å². The molecule has 0 amide bonds. The summed E-state index contributed by atoms with van der Waals surface area (Å²) in [6, 6.07) is 5.95. The van der Waals surface area contributed by atoms with Crippen LogP contribution in [0.15, 0.2) is 18.3 Å². The minimum atomic E-state index is -0.540. The fourth-order valence-corrected chi connectivity index (χ4v) is 2.39. The summed E-state index contributed by atoms with van der Waals surface area (Å²) in [5.74, 6) is 0. The van der Waals surface area contributed by atoms with Crippen LogP contribution in [0.4, 0.5) is 0 Å². The number of pyridine rings is 1. The molecule has 4 heteroatoms. The summed E-state index contributed by atoms with van der Waals surface area (Å²) in [4.78, 5) is 6.37. The van der Waals surface area contributed by atoms with Crippen LogP contribution in [0.1, 0.15) is 37.4 Å². The summed E-state index contributed by atoms with van der Waals surface area (Å²) in [5, 5.41) is 19.1. The molecule has 1 aromatic rings. The molecule has 1 aromatic heterocycles. The molecule has 1 atom stereocenters. The lowest BCUT2D eigenvalue weighted by molar-refractivity contribution is 0.0444. The number of aliphatic hydroxyl groups is 1. The second kappa shape index (κ2) is 5.47. The molecule has 0 aromatic carbocycles. The highest BCUT2D eigenvalue weighted by molar-refractivity contribution is 5.30. The first-order chi connectivity index (χ1) is 8.61. The Morgan fingerprint density at radius 3 is 3.11 bits per heavy atom. The number of nitrogens with zero attached hydrogens (tertiary/aromatic N) is 3. The summed E-state index contributed by atoms with van der Waals surface area (Å²) in [6.45, 7) is 4.48. The van der Waals surface area contributed by atoms with Gasteiger partial charge in [0, 0.05) is 24.8 Å². The van der Waals surface area contributed by atoms with E-state index in [4.69, 9.17) is 5.26 Å². The van der Waals surface area contributed by atoms with Gasteiger partial charge >= 0.3 is 0 Å². The molecule has 0 aliphatic carbocycles. The van der Waals surface area contributed by atoms with E-state index in [1.807, 2.05) is 19.1 Å². The van der Waals surface area contributed by atoms with Crippen LogP contribution in [-0.2, 0) is 6.54 Å². The van der Waals surface area contributed by atoms with Crippen LogP contribution in [-0.4, -0.2) is 33.7 Å². The molecule has 0 bridgehead atoms. The van der Waals surface area contributed by atoms with Gasteiger partial charge < -0.3 is 5.11 Å². The molecule has 2 heterocycles. The smallest absolute Gasteiger partial charge is 0.144 e. The van der Waals surface area contributed by atoms with Gasteiger partial charge in [0.25, 0.3) is 0 Å². The average Bonchev–Trinajstić information content (AvgIpc) is 2.52. The highest BCUT2D eigenvalue weighted by Gasteiger charge is 2.25. The van der Waals surface area contributed by atoms with Crippen molar-refractivity contribution in [2.24, 2.45) is 0 Å². The molecule has 1 aliphatic heterocycles. The van der Waals surface area contributed by atoms with Gasteiger partial charge in [0.15, 0.2) is 0 Å². The number of aromatic nitrogens is 1. The third-order valence-corrected chi connectivity index (χ3v) is 3.55. The van der Waals surface area contributed by atoms with Crippen LogP contribution < -0.4 is 0 Å². The average molecular weight is 245 g/mol. The molecule has 18 heavy (non-hydrogen) atoms. The molecule has 1 aliphatic rings. The Kier molecular flexibility index (Phi) is 3.95. The summed E-state index contributed by atoms with van der Waals surface area (Å²) in [7, 11) is 0. The first kappa shape index (κ1) is 13.0. The normalized spacial score (nSPS) is 25.4. The Labute approximate surface area is 108 Å². The second-order valence-electron chi connectivity index (χ2n) is 5.25. The summed E-state index contributed by atoms with van der Waals surface area (Å²) >= 11 is 0.